The average Bonchev–Trinajstić information content (AvgIpc) is 3.04. The number of anilines is 1. The molecule has 2 aromatic rings. The van der Waals surface area contributed by atoms with Crippen molar-refractivity contribution in [3.05, 3.63) is 18.2 Å². The molecule has 6 nitrogen and oxygen atoms in total. The van der Waals surface area contributed by atoms with E-state index in [1.807, 2.05) is 6.92 Å². The summed E-state index contributed by atoms with van der Waals surface area (Å²) < 4.78 is 47.2. The lowest BCUT2D eigenvalue weighted by Crippen LogP contribution is -2.43. The van der Waals surface area contributed by atoms with Crippen LogP contribution in [0.25, 0.3) is 10.2 Å². The van der Waals surface area contributed by atoms with Crippen LogP contribution in [0.4, 0.5) is 18.3 Å². The average molecular weight is 454 g/mol. The second kappa shape index (κ2) is 10.4. The number of halogens is 4. The van der Waals surface area contributed by atoms with Crippen molar-refractivity contribution in [3.63, 3.8) is 0 Å². The highest BCUT2D eigenvalue weighted by Crippen LogP contribution is 2.33. The maximum Gasteiger partial charge on any atom is 0.573 e. The van der Waals surface area contributed by atoms with Crippen LogP contribution in [0.15, 0.2) is 18.2 Å². The molecular formula is C18H23ClF3N3O3S. The van der Waals surface area contributed by atoms with Gasteiger partial charge in [0.2, 0.25) is 5.91 Å². The SMILES string of the molecule is CCCC(=O)N(CCN1CCOCC1)c1nc2ccc(OC(F)(F)F)cc2s1.Cl. The highest BCUT2D eigenvalue weighted by Gasteiger charge is 2.31. The van der Waals surface area contributed by atoms with Gasteiger partial charge in [-0.1, -0.05) is 18.3 Å². The fourth-order valence-corrected chi connectivity index (χ4v) is 3.98. The third-order valence-corrected chi connectivity index (χ3v) is 5.36. The number of aromatic nitrogens is 1. The summed E-state index contributed by atoms with van der Waals surface area (Å²) in [5, 5.41) is 0.492. The summed E-state index contributed by atoms with van der Waals surface area (Å²) in [5.74, 6) is -0.337. The Morgan fingerprint density at radius 2 is 2.07 bits per heavy atom. The van der Waals surface area contributed by atoms with E-state index in [-0.39, 0.29) is 24.1 Å². The van der Waals surface area contributed by atoms with E-state index in [0.717, 1.165) is 13.1 Å². The minimum absolute atomic E-state index is 0. The lowest BCUT2D eigenvalue weighted by molar-refractivity contribution is -0.274. The van der Waals surface area contributed by atoms with Gasteiger partial charge in [-0.3, -0.25) is 14.6 Å². The van der Waals surface area contributed by atoms with Gasteiger partial charge in [-0.05, 0) is 18.6 Å². The maximum absolute atomic E-state index is 12.6. The van der Waals surface area contributed by atoms with E-state index >= 15 is 0 Å². The molecule has 1 saturated heterocycles. The highest BCUT2D eigenvalue weighted by atomic mass is 35.5. The molecule has 0 saturated carbocycles. The standard InChI is InChI=1S/C18H22F3N3O3S.ClH/c1-2-3-16(25)24(7-6-23-8-10-26-11-9-23)17-22-14-5-4-13(12-15(14)28-17)27-18(19,20)21;/h4-5,12H,2-3,6-11H2,1H3;1H. The molecule has 11 heteroatoms. The summed E-state index contributed by atoms with van der Waals surface area (Å²) in [5.41, 5.74) is 0.537. The van der Waals surface area contributed by atoms with E-state index in [4.69, 9.17) is 4.74 Å². The predicted molar refractivity (Wildman–Crippen MR) is 108 cm³/mol. The molecule has 1 aromatic carbocycles. The Morgan fingerprint density at radius 3 is 2.72 bits per heavy atom. The number of hydrogen-bond donors (Lipinski definition) is 0. The number of morpholine rings is 1. The number of hydrogen-bond acceptors (Lipinski definition) is 6. The molecular weight excluding hydrogens is 431 g/mol. The van der Waals surface area contributed by atoms with Gasteiger partial charge in [0, 0.05) is 38.7 Å². The van der Waals surface area contributed by atoms with Crippen LogP contribution in [0, 0.1) is 0 Å². The molecule has 0 bridgehead atoms. The van der Waals surface area contributed by atoms with Gasteiger partial charge >= 0.3 is 6.36 Å². The van der Waals surface area contributed by atoms with Crippen molar-refractivity contribution in [2.75, 3.05) is 44.3 Å². The zero-order chi connectivity index (χ0) is 20.1. The molecule has 1 aliphatic rings. The van der Waals surface area contributed by atoms with Crippen molar-refractivity contribution >= 4 is 45.0 Å². The molecule has 1 aromatic heterocycles. The van der Waals surface area contributed by atoms with Gasteiger partial charge in [0.25, 0.3) is 0 Å². The number of thiazole rings is 1. The lowest BCUT2D eigenvalue weighted by atomic mass is 10.3. The number of carbonyl (C=O) groups excluding carboxylic acids is 1. The quantitative estimate of drug-likeness (QED) is 0.632. The maximum atomic E-state index is 12.6. The van der Waals surface area contributed by atoms with Gasteiger partial charge in [0.1, 0.15) is 5.75 Å². The number of amides is 1. The smallest absolute Gasteiger partial charge is 0.406 e. The molecule has 0 aliphatic carbocycles. The number of ether oxygens (including phenoxy) is 2. The van der Waals surface area contributed by atoms with Crippen LogP contribution < -0.4 is 9.64 Å². The van der Waals surface area contributed by atoms with Crippen LogP contribution in [0.3, 0.4) is 0 Å². The summed E-state index contributed by atoms with van der Waals surface area (Å²) in [6, 6.07) is 4.00. The fourth-order valence-electron chi connectivity index (χ4n) is 2.95. The van der Waals surface area contributed by atoms with E-state index in [0.29, 0.717) is 54.5 Å². The van der Waals surface area contributed by atoms with Crippen molar-refractivity contribution in [2.45, 2.75) is 26.1 Å². The van der Waals surface area contributed by atoms with Crippen LogP contribution in [0.5, 0.6) is 5.75 Å². The number of carbonyl (C=O) groups is 1. The van der Waals surface area contributed by atoms with Gasteiger partial charge in [-0.2, -0.15) is 0 Å². The van der Waals surface area contributed by atoms with Crippen LogP contribution in [-0.2, 0) is 9.53 Å². The Bertz CT molecular complexity index is 812. The molecule has 1 aliphatic heterocycles. The fraction of sp³-hybridized carbons (Fsp3) is 0.556. The predicted octanol–water partition coefficient (Wildman–Crippen LogP) is 4.08. The molecule has 2 heterocycles. The van der Waals surface area contributed by atoms with E-state index in [1.165, 1.54) is 29.5 Å². The van der Waals surface area contributed by atoms with E-state index < -0.39 is 6.36 Å². The van der Waals surface area contributed by atoms with Crippen molar-refractivity contribution in [3.8, 4) is 5.75 Å². The zero-order valence-electron chi connectivity index (χ0n) is 15.9. The summed E-state index contributed by atoms with van der Waals surface area (Å²) in [6.07, 6.45) is -3.65. The van der Waals surface area contributed by atoms with Crippen LogP contribution in [-0.4, -0.2) is 61.5 Å². The number of benzene rings is 1. The minimum atomic E-state index is -4.75. The van der Waals surface area contributed by atoms with Gasteiger partial charge in [-0.25, -0.2) is 4.98 Å². The Balaban J connectivity index is 0.00000300. The second-order valence-electron chi connectivity index (χ2n) is 6.42. The van der Waals surface area contributed by atoms with Gasteiger partial charge in [-0.15, -0.1) is 25.6 Å². The monoisotopic (exact) mass is 453 g/mol. The Hall–Kier alpha value is -1.62. The van der Waals surface area contributed by atoms with Crippen molar-refractivity contribution < 1.29 is 27.4 Å². The first-order valence-electron chi connectivity index (χ1n) is 9.12. The first-order chi connectivity index (χ1) is 13.4. The first-order valence-corrected chi connectivity index (χ1v) is 9.94. The summed E-state index contributed by atoms with van der Waals surface area (Å²) in [7, 11) is 0. The number of rotatable bonds is 7. The largest absolute Gasteiger partial charge is 0.573 e. The normalized spacial score (nSPS) is 15.2. The van der Waals surface area contributed by atoms with E-state index in [9.17, 15) is 18.0 Å². The van der Waals surface area contributed by atoms with Crippen LogP contribution in [0.2, 0.25) is 0 Å². The Morgan fingerprint density at radius 1 is 1.34 bits per heavy atom. The van der Waals surface area contributed by atoms with E-state index in [1.54, 1.807) is 4.90 Å². The van der Waals surface area contributed by atoms with Crippen molar-refractivity contribution in [1.29, 1.82) is 0 Å². The van der Waals surface area contributed by atoms with Crippen LogP contribution in [0.1, 0.15) is 19.8 Å². The number of nitrogens with zero attached hydrogens (tertiary/aromatic N) is 3. The molecule has 3 rings (SSSR count). The third-order valence-electron chi connectivity index (χ3n) is 4.32. The number of fused-ring (bicyclic) bond motifs is 1. The van der Waals surface area contributed by atoms with Gasteiger partial charge < -0.3 is 9.47 Å². The highest BCUT2D eigenvalue weighted by molar-refractivity contribution is 7.22. The molecule has 0 N–H and O–H groups in total. The summed E-state index contributed by atoms with van der Waals surface area (Å²) in [6.45, 7) is 6.07. The molecule has 0 spiro atoms. The molecule has 1 amide bonds. The molecule has 0 atom stereocenters. The zero-order valence-corrected chi connectivity index (χ0v) is 17.5. The van der Waals surface area contributed by atoms with Gasteiger partial charge in [0.05, 0.1) is 23.4 Å². The van der Waals surface area contributed by atoms with Crippen molar-refractivity contribution in [1.82, 2.24) is 9.88 Å². The summed E-state index contributed by atoms with van der Waals surface area (Å²) in [4.78, 5) is 20.9. The van der Waals surface area contributed by atoms with E-state index in [2.05, 4.69) is 14.6 Å². The van der Waals surface area contributed by atoms with Gasteiger partial charge in [0.15, 0.2) is 5.13 Å². The van der Waals surface area contributed by atoms with Crippen molar-refractivity contribution in [2.24, 2.45) is 0 Å². The topological polar surface area (TPSA) is 54.9 Å². The first kappa shape index (κ1) is 23.7. The molecule has 1 fully saturated rings. The molecule has 29 heavy (non-hydrogen) atoms. The Kier molecular flexibility index (Phi) is 8.50. The Labute approximate surface area is 177 Å². The second-order valence-corrected chi connectivity index (χ2v) is 7.43. The van der Waals surface area contributed by atoms with Crippen LogP contribution >= 0.6 is 23.7 Å². The third kappa shape index (κ3) is 6.70. The lowest BCUT2D eigenvalue weighted by Gasteiger charge is -2.29. The minimum Gasteiger partial charge on any atom is -0.406 e. The molecule has 0 unspecified atom stereocenters. The molecule has 0 radical (unpaired) electrons. The summed E-state index contributed by atoms with van der Waals surface area (Å²) >= 11 is 1.19. The number of alkyl halides is 3. The molecule has 162 valence electrons.